The summed E-state index contributed by atoms with van der Waals surface area (Å²) < 4.78 is 13.4. The average Bonchev–Trinajstić information content (AvgIpc) is 2.36. The molecule has 0 fully saturated rings. The molecule has 2 aromatic carbocycles. The van der Waals surface area contributed by atoms with E-state index in [1.807, 2.05) is 6.92 Å². The van der Waals surface area contributed by atoms with Crippen LogP contribution in [-0.2, 0) is 0 Å². The van der Waals surface area contributed by atoms with E-state index in [2.05, 4.69) is 21.2 Å². The van der Waals surface area contributed by atoms with Crippen LogP contribution in [0.15, 0.2) is 40.9 Å². The maximum absolute atomic E-state index is 13.1. The fraction of sp³-hybridized carbons (Fsp3) is 0.0714. The number of amides is 1. The predicted octanol–water partition coefficient (Wildman–Crippen LogP) is 4.80. The molecule has 0 unspecified atom stereocenters. The summed E-state index contributed by atoms with van der Waals surface area (Å²) in [7, 11) is 0. The first-order chi connectivity index (χ1) is 8.97. The summed E-state index contributed by atoms with van der Waals surface area (Å²) in [6, 6.07) is 9.39. The van der Waals surface area contributed by atoms with Gasteiger partial charge in [-0.25, -0.2) is 4.39 Å². The molecular weight excluding hydrogens is 333 g/mol. The molecule has 0 heterocycles. The lowest BCUT2D eigenvalue weighted by Gasteiger charge is -2.08. The molecule has 0 radical (unpaired) electrons. The Morgan fingerprint density at radius 1 is 1.26 bits per heavy atom. The van der Waals surface area contributed by atoms with Crippen LogP contribution in [0.4, 0.5) is 10.1 Å². The van der Waals surface area contributed by atoms with Gasteiger partial charge in [-0.15, -0.1) is 0 Å². The number of nitrogens with one attached hydrogen (secondary N) is 1. The summed E-state index contributed by atoms with van der Waals surface area (Å²) in [5, 5.41) is 3.20. The Morgan fingerprint density at radius 3 is 2.68 bits per heavy atom. The molecule has 19 heavy (non-hydrogen) atoms. The van der Waals surface area contributed by atoms with Crippen LogP contribution in [0.25, 0.3) is 0 Å². The van der Waals surface area contributed by atoms with Crippen molar-refractivity contribution in [2.24, 2.45) is 0 Å². The monoisotopic (exact) mass is 341 g/mol. The third-order valence-electron chi connectivity index (χ3n) is 2.62. The number of hydrogen-bond acceptors (Lipinski definition) is 1. The highest BCUT2D eigenvalue weighted by Crippen LogP contribution is 2.21. The Morgan fingerprint density at radius 2 is 2.00 bits per heavy atom. The van der Waals surface area contributed by atoms with Gasteiger partial charge in [-0.1, -0.05) is 17.7 Å². The second-order valence-corrected chi connectivity index (χ2v) is 5.33. The lowest BCUT2D eigenvalue weighted by atomic mass is 10.1. The van der Waals surface area contributed by atoms with Crippen molar-refractivity contribution in [1.82, 2.24) is 0 Å². The molecular formula is C14H10BrClFNO. The van der Waals surface area contributed by atoms with Gasteiger partial charge in [0, 0.05) is 16.3 Å². The SMILES string of the molecule is Cc1ccc(Cl)cc1C(=O)Nc1ccc(F)c(Br)c1. The zero-order valence-corrected chi connectivity index (χ0v) is 12.3. The van der Waals surface area contributed by atoms with Crippen molar-refractivity contribution in [3.05, 3.63) is 62.8 Å². The van der Waals surface area contributed by atoms with Crippen molar-refractivity contribution in [2.75, 3.05) is 5.32 Å². The van der Waals surface area contributed by atoms with Gasteiger partial charge in [0.1, 0.15) is 5.82 Å². The molecule has 2 aromatic rings. The van der Waals surface area contributed by atoms with Gasteiger partial charge in [-0.3, -0.25) is 4.79 Å². The van der Waals surface area contributed by atoms with Crippen molar-refractivity contribution in [2.45, 2.75) is 6.92 Å². The normalized spacial score (nSPS) is 10.3. The number of rotatable bonds is 2. The third-order valence-corrected chi connectivity index (χ3v) is 3.46. The molecule has 2 rings (SSSR count). The second-order valence-electron chi connectivity index (χ2n) is 4.04. The van der Waals surface area contributed by atoms with E-state index in [1.165, 1.54) is 18.2 Å². The van der Waals surface area contributed by atoms with E-state index in [0.29, 0.717) is 20.7 Å². The summed E-state index contributed by atoms with van der Waals surface area (Å²) in [4.78, 5) is 12.1. The molecule has 2 nitrogen and oxygen atoms in total. The van der Waals surface area contributed by atoms with E-state index in [-0.39, 0.29) is 11.7 Å². The maximum atomic E-state index is 13.1. The van der Waals surface area contributed by atoms with Crippen molar-refractivity contribution >= 4 is 39.1 Å². The quantitative estimate of drug-likeness (QED) is 0.834. The van der Waals surface area contributed by atoms with Crippen LogP contribution >= 0.6 is 27.5 Å². The first kappa shape index (κ1) is 14.0. The molecule has 0 spiro atoms. The van der Waals surface area contributed by atoms with Gasteiger partial charge in [0.05, 0.1) is 4.47 Å². The van der Waals surface area contributed by atoms with E-state index >= 15 is 0 Å². The van der Waals surface area contributed by atoms with Crippen LogP contribution in [0.1, 0.15) is 15.9 Å². The molecule has 0 aliphatic carbocycles. The Bertz CT molecular complexity index is 645. The second kappa shape index (κ2) is 5.72. The molecule has 98 valence electrons. The van der Waals surface area contributed by atoms with E-state index in [1.54, 1.807) is 18.2 Å². The topological polar surface area (TPSA) is 29.1 Å². The highest BCUT2D eigenvalue weighted by atomic mass is 79.9. The summed E-state index contributed by atoms with van der Waals surface area (Å²) >= 11 is 8.94. The van der Waals surface area contributed by atoms with E-state index in [9.17, 15) is 9.18 Å². The third kappa shape index (κ3) is 3.33. The Hall–Kier alpha value is -1.39. The highest BCUT2D eigenvalue weighted by Gasteiger charge is 2.10. The van der Waals surface area contributed by atoms with E-state index in [4.69, 9.17) is 11.6 Å². The summed E-state index contributed by atoms with van der Waals surface area (Å²) in [5.74, 6) is -0.657. The largest absolute Gasteiger partial charge is 0.322 e. The molecule has 0 aromatic heterocycles. The van der Waals surface area contributed by atoms with Gasteiger partial charge >= 0.3 is 0 Å². The lowest BCUT2D eigenvalue weighted by Crippen LogP contribution is -2.13. The van der Waals surface area contributed by atoms with Crippen molar-refractivity contribution < 1.29 is 9.18 Å². The summed E-state index contributed by atoms with van der Waals surface area (Å²) in [6.45, 7) is 1.83. The zero-order valence-electron chi connectivity index (χ0n) is 10.0. The van der Waals surface area contributed by atoms with Crippen molar-refractivity contribution in [1.29, 1.82) is 0 Å². The number of carbonyl (C=O) groups is 1. The maximum Gasteiger partial charge on any atom is 0.255 e. The summed E-state index contributed by atoms with van der Waals surface area (Å²) in [6.07, 6.45) is 0. The molecule has 0 saturated carbocycles. The smallest absolute Gasteiger partial charge is 0.255 e. The molecule has 5 heteroatoms. The fourth-order valence-corrected chi connectivity index (χ4v) is 2.16. The lowest BCUT2D eigenvalue weighted by molar-refractivity contribution is 0.102. The van der Waals surface area contributed by atoms with Crippen molar-refractivity contribution in [3.63, 3.8) is 0 Å². The van der Waals surface area contributed by atoms with Crippen LogP contribution < -0.4 is 5.32 Å². The van der Waals surface area contributed by atoms with E-state index in [0.717, 1.165) is 5.56 Å². The van der Waals surface area contributed by atoms with E-state index < -0.39 is 0 Å². The number of aryl methyl sites for hydroxylation is 1. The van der Waals surface area contributed by atoms with Gasteiger partial charge < -0.3 is 5.32 Å². The fourth-order valence-electron chi connectivity index (χ4n) is 1.61. The standard InChI is InChI=1S/C14H10BrClFNO/c1-8-2-3-9(16)6-11(8)14(19)18-10-4-5-13(17)12(15)7-10/h2-7H,1H3,(H,18,19). The van der Waals surface area contributed by atoms with Gasteiger partial charge in [0.15, 0.2) is 0 Å². The first-order valence-corrected chi connectivity index (χ1v) is 6.67. The molecule has 0 aliphatic rings. The predicted molar refractivity (Wildman–Crippen MR) is 78.2 cm³/mol. The minimum Gasteiger partial charge on any atom is -0.322 e. The minimum absolute atomic E-state index is 0.279. The van der Waals surface area contributed by atoms with Crippen LogP contribution in [0.5, 0.6) is 0 Å². The van der Waals surface area contributed by atoms with Crippen molar-refractivity contribution in [3.8, 4) is 0 Å². The minimum atomic E-state index is -0.378. The first-order valence-electron chi connectivity index (χ1n) is 5.50. The summed E-state index contributed by atoms with van der Waals surface area (Å²) in [5.41, 5.74) is 1.83. The molecule has 0 aliphatic heterocycles. The Kier molecular flexibility index (Phi) is 4.22. The van der Waals surface area contributed by atoms with Crippen LogP contribution in [-0.4, -0.2) is 5.91 Å². The zero-order chi connectivity index (χ0) is 14.0. The van der Waals surface area contributed by atoms with Gasteiger partial charge in [0.2, 0.25) is 0 Å². The van der Waals surface area contributed by atoms with Gasteiger partial charge in [0.25, 0.3) is 5.91 Å². The number of hydrogen-bond donors (Lipinski definition) is 1. The van der Waals surface area contributed by atoms with Gasteiger partial charge in [-0.05, 0) is 58.7 Å². The molecule has 1 N–H and O–H groups in total. The van der Waals surface area contributed by atoms with Gasteiger partial charge in [-0.2, -0.15) is 0 Å². The van der Waals surface area contributed by atoms with Crippen LogP contribution in [0.3, 0.4) is 0 Å². The van der Waals surface area contributed by atoms with Crippen LogP contribution in [0.2, 0.25) is 5.02 Å². The van der Waals surface area contributed by atoms with Crippen LogP contribution in [0, 0.1) is 12.7 Å². The number of benzene rings is 2. The number of carbonyl (C=O) groups excluding carboxylic acids is 1. The molecule has 0 saturated heterocycles. The molecule has 1 amide bonds. The molecule has 0 atom stereocenters. The molecule has 0 bridgehead atoms. The highest BCUT2D eigenvalue weighted by molar-refractivity contribution is 9.10. The Labute approximate surface area is 123 Å². The Balaban J connectivity index is 2.25. The number of halogens is 3. The average molecular weight is 343 g/mol. The number of anilines is 1.